The molecule has 0 bridgehead atoms. The second-order valence-electron chi connectivity index (χ2n) is 6.01. The van der Waals surface area contributed by atoms with Crippen LogP contribution >= 0.6 is 15.9 Å². The number of benzene rings is 1. The molecule has 1 aromatic carbocycles. The van der Waals surface area contributed by atoms with Gasteiger partial charge in [0.15, 0.2) is 0 Å². The van der Waals surface area contributed by atoms with Gasteiger partial charge in [0.1, 0.15) is 11.9 Å². The van der Waals surface area contributed by atoms with Gasteiger partial charge in [-0.1, -0.05) is 19.3 Å². The van der Waals surface area contributed by atoms with Crippen LogP contribution in [0.4, 0.5) is 5.69 Å². The summed E-state index contributed by atoms with van der Waals surface area (Å²) in [6.07, 6.45) is 8.49. The molecule has 1 saturated heterocycles. The molecule has 2 N–H and O–H groups in total. The van der Waals surface area contributed by atoms with Crippen molar-refractivity contribution in [2.75, 3.05) is 12.3 Å². The minimum atomic E-state index is 0.0773. The molecule has 1 spiro atoms. The quantitative estimate of drug-likeness (QED) is 0.817. The van der Waals surface area contributed by atoms with E-state index in [1.165, 1.54) is 32.1 Å². The highest BCUT2D eigenvalue weighted by Gasteiger charge is 2.39. The molecule has 0 radical (unpaired) electrons. The summed E-state index contributed by atoms with van der Waals surface area (Å²) in [6.45, 7) is 0.810. The van der Waals surface area contributed by atoms with E-state index in [9.17, 15) is 0 Å². The van der Waals surface area contributed by atoms with Gasteiger partial charge in [0.25, 0.3) is 0 Å². The monoisotopic (exact) mass is 339 g/mol. The zero-order valence-electron chi connectivity index (χ0n) is 11.7. The van der Waals surface area contributed by atoms with E-state index in [1.807, 2.05) is 18.2 Å². The minimum Gasteiger partial charge on any atom is -0.489 e. The third kappa shape index (κ3) is 3.12. The first-order chi connectivity index (χ1) is 9.67. The summed E-state index contributed by atoms with van der Waals surface area (Å²) in [5, 5.41) is 0. The number of nitrogens with two attached hydrogens (primary N) is 1. The third-order valence-corrected chi connectivity index (χ3v) is 5.12. The Morgan fingerprint density at radius 3 is 2.85 bits per heavy atom. The molecular formula is C16H22BrNO2. The molecule has 1 unspecified atom stereocenters. The Balaban J connectivity index is 1.69. The highest BCUT2D eigenvalue weighted by atomic mass is 79.9. The Bertz CT molecular complexity index is 466. The lowest BCUT2D eigenvalue weighted by molar-refractivity contribution is -0.129. The summed E-state index contributed by atoms with van der Waals surface area (Å²) < 4.78 is 13.3. The van der Waals surface area contributed by atoms with E-state index in [2.05, 4.69) is 15.9 Å². The van der Waals surface area contributed by atoms with Gasteiger partial charge in [-0.05, 0) is 40.9 Å². The van der Waals surface area contributed by atoms with Gasteiger partial charge < -0.3 is 15.2 Å². The number of hydrogen-bond acceptors (Lipinski definition) is 3. The van der Waals surface area contributed by atoms with Gasteiger partial charge in [-0.25, -0.2) is 0 Å². The Labute approximate surface area is 129 Å². The average Bonchev–Trinajstić information content (AvgIpc) is 2.44. The molecule has 3 rings (SSSR count). The van der Waals surface area contributed by atoms with Gasteiger partial charge >= 0.3 is 0 Å². The van der Waals surface area contributed by atoms with E-state index in [1.54, 1.807) is 0 Å². The number of ether oxygens (including phenoxy) is 2. The molecule has 1 aliphatic heterocycles. The van der Waals surface area contributed by atoms with E-state index < -0.39 is 0 Å². The first-order valence-corrected chi connectivity index (χ1v) is 8.32. The SMILES string of the molecule is Nc1ccc(Br)c(OC2CCOC3(CCCCC3)C2)c1. The Morgan fingerprint density at radius 2 is 2.05 bits per heavy atom. The predicted molar refractivity (Wildman–Crippen MR) is 84.0 cm³/mol. The zero-order valence-corrected chi connectivity index (χ0v) is 13.3. The van der Waals surface area contributed by atoms with Crippen molar-refractivity contribution in [1.82, 2.24) is 0 Å². The summed E-state index contributed by atoms with van der Waals surface area (Å²) in [6, 6.07) is 5.72. The van der Waals surface area contributed by atoms with Crippen LogP contribution in [0.1, 0.15) is 44.9 Å². The number of anilines is 1. The van der Waals surface area contributed by atoms with Crippen molar-refractivity contribution in [1.29, 1.82) is 0 Å². The van der Waals surface area contributed by atoms with Crippen LogP contribution in [0.15, 0.2) is 22.7 Å². The first-order valence-electron chi connectivity index (χ1n) is 7.53. The van der Waals surface area contributed by atoms with Crippen LogP contribution in [0, 0.1) is 0 Å². The molecule has 2 aliphatic rings. The largest absolute Gasteiger partial charge is 0.489 e. The van der Waals surface area contributed by atoms with Gasteiger partial charge in [-0.3, -0.25) is 0 Å². The Morgan fingerprint density at radius 1 is 1.25 bits per heavy atom. The standard InChI is InChI=1S/C16H22BrNO2/c17-14-5-4-12(18)10-15(14)20-13-6-9-19-16(11-13)7-2-1-3-8-16/h4-5,10,13H,1-3,6-9,11,18H2. The third-order valence-electron chi connectivity index (χ3n) is 4.46. The maximum atomic E-state index is 6.19. The van der Waals surface area contributed by atoms with Gasteiger partial charge in [-0.2, -0.15) is 0 Å². The molecule has 1 heterocycles. The fraction of sp³-hybridized carbons (Fsp3) is 0.625. The molecule has 0 amide bonds. The number of nitrogen functional groups attached to an aromatic ring is 1. The molecular weight excluding hydrogens is 318 g/mol. The zero-order chi connectivity index (χ0) is 14.0. The van der Waals surface area contributed by atoms with E-state index in [-0.39, 0.29) is 11.7 Å². The van der Waals surface area contributed by atoms with Crippen molar-refractivity contribution in [3.8, 4) is 5.75 Å². The van der Waals surface area contributed by atoms with Crippen LogP contribution in [0.5, 0.6) is 5.75 Å². The molecule has 110 valence electrons. The molecule has 3 nitrogen and oxygen atoms in total. The van der Waals surface area contributed by atoms with Crippen LogP contribution in [-0.4, -0.2) is 18.3 Å². The number of rotatable bonds is 2. The highest BCUT2D eigenvalue weighted by molar-refractivity contribution is 9.10. The highest BCUT2D eigenvalue weighted by Crippen LogP contribution is 2.40. The van der Waals surface area contributed by atoms with Crippen LogP contribution in [0.2, 0.25) is 0 Å². The Hall–Kier alpha value is -0.740. The fourth-order valence-electron chi connectivity index (χ4n) is 3.42. The second kappa shape index (κ2) is 5.94. The van der Waals surface area contributed by atoms with Crippen LogP contribution in [0.3, 0.4) is 0 Å². The minimum absolute atomic E-state index is 0.0773. The summed E-state index contributed by atoms with van der Waals surface area (Å²) in [7, 11) is 0. The van der Waals surface area contributed by atoms with Gasteiger partial charge in [0.05, 0.1) is 16.7 Å². The predicted octanol–water partition coefficient (Wildman–Crippen LogP) is 4.29. The molecule has 20 heavy (non-hydrogen) atoms. The van der Waals surface area contributed by atoms with Crippen molar-refractivity contribution in [2.45, 2.75) is 56.7 Å². The number of hydrogen-bond donors (Lipinski definition) is 1. The smallest absolute Gasteiger partial charge is 0.135 e. The maximum Gasteiger partial charge on any atom is 0.135 e. The van der Waals surface area contributed by atoms with Crippen LogP contribution in [-0.2, 0) is 4.74 Å². The lowest BCUT2D eigenvalue weighted by atomic mass is 9.79. The van der Waals surface area contributed by atoms with Crippen molar-refractivity contribution < 1.29 is 9.47 Å². The van der Waals surface area contributed by atoms with Crippen molar-refractivity contribution >= 4 is 21.6 Å². The number of halogens is 1. The van der Waals surface area contributed by atoms with Crippen LogP contribution < -0.4 is 10.5 Å². The van der Waals surface area contributed by atoms with Crippen molar-refractivity contribution in [3.05, 3.63) is 22.7 Å². The molecule has 1 aromatic rings. The van der Waals surface area contributed by atoms with Gasteiger partial charge in [0, 0.05) is 24.6 Å². The summed E-state index contributed by atoms with van der Waals surface area (Å²) in [5.41, 5.74) is 6.66. The average molecular weight is 340 g/mol. The fourth-order valence-corrected chi connectivity index (χ4v) is 3.76. The van der Waals surface area contributed by atoms with Crippen LogP contribution in [0.25, 0.3) is 0 Å². The topological polar surface area (TPSA) is 44.5 Å². The maximum absolute atomic E-state index is 6.19. The second-order valence-corrected chi connectivity index (χ2v) is 6.87. The molecule has 0 aromatic heterocycles. The summed E-state index contributed by atoms with van der Waals surface area (Å²) >= 11 is 3.53. The summed E-state index contributed by atoms with van der Waals surface area (Å²) in [4.78, 5) is 0. The normalized spacial score (nSPS) is 25.6. The molecule has 1 aliphatic carbocycles. The van der Waals surface area contributed by atoms with Crippen molar-refractivity contribution in [3.63, 3.8) is 0 Å². The lowest BCUT2D eigenvalue weighted by Crippen LogP contribution is -2.45. The molecule has 2 fully saturated rings. The Kier molecular flexibility index (Phi) is 4.22. The van der Waals surface area contributed by atoms with Crippen molar-refractivity contribution in [2.24, 2.45) is 0 Å². The van der Waals surface area contributed by atoms with E-state index in [4.69, 9.17) is 15.2 Å². The lowest BCUT2D eigenvalue weighted by Gasteiger charge is -2.43. The summed E-state index contributed by atoms with van der Waals surface area (Å²) in [5.74, 6) is 0.850. The van der Waals surface area contributed by atoms with E-state index in [0.717, 1.165) is 35.4 Å². The van der Waals surface area contributed by atoms with Gasteiger partial charge in [-0.15, -0.1) is 0 Å². The first kappa shape index (κ1) is 14.2. The van der Waals surface area contributed by atoms with Gasteiger partial charge in [0.2, 0.25) is 0 Å². The van der Waals surface area contributed by atoms with E-state index >= 15 is 0 Å². The molecule has 1 atom stereocenters. The molecule has 4 heteroatoms. The molecule has 1 saturated carbocycles. The van der Waals surface area contributed by atoms with E-state index in [0.29, 0.717) is 0 Å².